The van der Waals surface area contributed by atoms with Crippen LogP contribution in [0.2, 0.25) is 0 Å². The van der Waals surface area contributed by atoms with Crippen LogP contribution >= 0.6 is 11.8 Å². The minimum absolute atomic E-state index is 0.108. The number of ether oxygens (including phenoxy) is 1. The molecule has 0 unspecified atom stereocenters. The Hall–Kier alpha value is -3.72. The third kappa shape index (κ3) is 3.55. The lowest BCUT2D eigenvalue weighted by atomic mass is 10.2. The number of hydrogen-bond acceptors (Lipinski definition) is 7. The summed E-state index contributed by atoms with van der Waals surface area (Å²) in [5, 5.41) is 12.2. The third-order valence-electron chi connectivity index (χ3n) is 4.20. The van der Waals surface area contributed by atoms with E-state index in [2.05, 4.69) is 9.97 Å². The number of nitro groups is 1. The molecule has 0 amide bonds. The molecule has 0 N–H and O–H groups in total. The van der Waals surface area contributed by atoms with Gasteiger partial charge in [0.15, 0.2) is 5.16 Å². The summed E-state index contributed by atoms with van der Waals surface area (Å²) < 4.78 is 6.89. The van der Waals surface area contributed by atoms with E-state index in [0.29, 0.717) is 32.5 Å². The Balaban J connectivity index is 1.92. The molecule has 0 aliphatic rings. The lowest BCUT2D eigenvalue weighted by molar-refractivity contribution is -0.385. The molecule has 2 heterocycles. The maximum absolute atomic E-state index is 13.3. The number of pyridine rings is 1. The van der Waals surface area contributed by atoms with Gasteiger partial charge in [0.2, 0.25) is 0 Å². The number of rotatable bonds is 5. The van der Waals surface area contributed by atoms with Crippen molar-refractivity contribution in [3.63, 3.8) is 0 Å². The minimum Gasteiger partial charge on any atom is -0.495 e. The second-order valence-electron chi connectivity index (χ2n) is 5.94. The maximum Gasteiger partial charge on any atom is 0.287 e. The summed E-state index contributed by atoms with van der Waals surface area (Å²) in [5.74, 6) is 0.519. The van der Waals surface area contributed by atoms with Crippen LogP contribution in [0, 0.1) is 10.1 Å². The Kier molecular flexibility index (Phi) is 4.96. The van der Waals surface area contributed by atoms with Crippen molar-refractivity contribution in [1.82, 2.24) is 14.5 Å². The molecule has 0 bridgehead atoms. The molecule has 29 heavy (non-hydrogen) atoms. The van der Waals surface area contributed by atoms with Gasteiger partial charge in [-0.2, -0.15) is 0 Å². The summed E-state index contributed by atoms with van der Waals surface area (Å²) in [6.45, 7) is 0. The largest absolute Gasteiger partial charge is 0.495 e. The van der Waals surface area contributed by atoms with Gasteiger partial charge < -0.3 is 4.74 Å². The fraction of sp³-hybridized carbons (Fsp3) is 0.0500. The predicted octanol–water partition coefficient (Wildman–Crippen LogP) is 3.85. The predicted molar refractivity (Wildman–Crippen MR) is 109 cm³/mol. The fourth-order valence-corrected chi connectivity index (χ4v) is 3.69. The second-order valence-corrected chi connectivity index (χ2v) is 6.93. The molecular weight excluding hydrogens is 392 g/mol. The molecule has 9 heteroatoms. The van der Waals surface area contributed by atoms with Crippen molar-refractivity contribution >= 4 is 28.4 Å². The van der Waals surface area contributed by atoms with E-state index in [1.807, 2.05) is 6.07 Å². The van der Waals surface area contributed by atoms with Crippen molar-refractivity contribution in [2.24, 2.45) is 0 Å². The van der Waals surface area contributed by atoms with Crippen LogP contribution in [-0.2, 0) is 0 Å². The van der Waals surface area contributed by atoms with Gasteiger partial charge in [-0.3, -0.25) is 19.5 Å². The summed E-state index contributed by atoms with van der Waals surface area (Å²) in [6.07, 6.45) is 1.18. The van der Waals surface area contributed by atoms with Crippen molar-refractivity contribution in [2.45, 2.75) is 10.2 Å². The van der Waals surface area contributed by atoms with Crippen LogP contribution in [0.4, 0.5) is 5.69 Å². The first-order valence-corrected chi connectivity index (χ1v) is 9.33. The molecule has 4 rings (SSSR count). The van der Waals surface area contributed by atoms with E-state index in [1.54, 1.807) is 42.5 Å². The number of para-hydroxylation sites is 3. The topological polar surface area (TPSA) is 100 Å². The van der Waals surface area contributed by atoms with Crippen molar-refractivity contribution in [3.05, 3.63) is 87.3 Å². The highest BCUT2D eigenvalue weighted by atomic mass is 32.2. The molecule has 0 saturated carbocycles. The molecule has 0 spiro atoms. The molecule has 4 aromatic rings. The first-order chi connectivity index (χ1) is 14.1. The quantitative estimate of drug-likeness (QED) is 0.282. The van der Waals surface area contributed by atoms with Gasteiger partial charge in [0.25, 0.3) is 11.2 Å². The van der Waals surface area contributed by atoms with E-state index in [4.69, 9.17) is 4.74 Å². The zero-order valence-electron chi connectivity index (χ0n) is 15.2. The van der Waals surface area contributed by atoms with E-state index < -0.39 is 4.92 Å². The first kappa shape index (κ1) is 18.6. The SMILES string of the molecule is COc1ccccc1-n1c(Sc2ccc([N+](=O)[O-])cn2)nc2ccccc2c1=O. The van der Waals surface area contributed by atoms with Crippen LogP contribution in [-0.4, -0.2) is 26.6 Å². The summed E-state index contributed by atoms with van der Waals surface area (Å²) in [5.41, 5.74) is 0.739. The van der Waals surface area contributed by atoms with Gasteiger partial charge in [-0.1, -0.05) is 24.3 Å². The van der Waals surface area contributed by atoms with Crippen molar-refractivity contribution < 1.29 is 9.66 Å². The van der Waals surface area contributed by atoms with Crippen molar-refractivity contribution in [2.75, 3.05) is 7.11 Å². The first-order valence-electron chi connectivity index (χ1n) is 8.52. The van der Waals surface area contributed by atoms with Gasteiger partial charge in [0.1, 0.15) is 17.0 Å². The molecule has 0 aliphatic carbocycles. The Morgan fingerprint density at radius 3 is 2.55 bits per heavy atom. The summed E-state index contributed by atoms with van der Waals surface area (Å²) in [7, 11) is 1.53. The fourth-order valence-electron chi connectivity index (χ4n) is 2.84. The summed E-state index contributed by atoms with van der Waals surface area (Å²) in [6, 6.07) is 17.1. The van der Waals surface area contributed by atoms with Gasteiger partial charge in [-0.25, -0.2) is 9.97 Å². The molecule has 2 aromatic heterocycles. The van der Waals surface area contributed by atoms with Gasteiger partial charge in [-0.05, 0) is 42.1 Å². The van der Waals surface area contributed by atoms with Crippen LogP contribution in [0.3, 0.4) is 0 Å². The number of methoxy groups -OCH3 is 1. The molecule has 0 atom stereocenters. The number of nitrogens with zero attached hydrogens (tertiary/aromatic N) is 4. The molecule has 8 nitrogen and oxygen atoms in total. The Labute approximate surface area is 169 Å². The van der Waals surface area contributed by atoms with E-state index >= 15 is 0 Å². The van der Waals surface area contributed by atoms with Gasteiger partial charge in [0, 0.05) is 6.07 Å². The highest BCUT2D eigenvalue weighted by Crippen LogP contribution is 2.30. The number of fused-ring (bicyclic) bond motifs is 1. The van der Waals surface area contributed by atoms with Gasteiger partial charge >= 0.3 is 0 Å². The second kappa shape index (κ2) is 7.72. The standard InChI is InChI=1S/C20H14N4O4S/c1-28-17-9-5-4-8-16(17)23-19(25)14-6-2-3-7-15(14)22-20(23)29-18-11-10-13(12-21-18)24(26)27/h2-12H,1H3. The highest BCUT2D eigenvalue weighted by Gasteiger charge is 2.17. The average molecular weight is 406 g/mol. The Morgan fingerprint density at radius 2 is 1.83 bits per heavy atom. The monoisotopic (exact) mass is 406 g/mol. The normalized spacial score (nSPS) is 10.8. The number of benzene rings is 2. The highest BCUT2D eigenvalue weighted by molar-refractivity contribution is 7.99. The smallest absolute Gasteiger partial charge is 0.287 e. The van der Waals surface area contributed by atoms with Gasteiger partial charge in [0.05, 0.1) is 28.6 Å². The average Bonchev–Trinajstić information content (AvgIpc) is 2.74. The molecule has 0 saturated heterocycles. The molecule has 2 aromatic carbocycles. The lowest BCUT2D eigenvalue weighted by Crippen LogP contribution is -2.22. The minimum atomic E-state index is -0.513. The van der Waals surface area contributed by atoms with Crippen LogP contribution in [0.15, 0.2) is 81.8 Å². The zero-order valence-corrected chi connectivity index (χ0v) is 16.0. The molecule has 0 radical (unpaired) electrons. The molecule has 0 fully saturated rings. The zero-order chi connectivity index (χ0) is 20.4. The lowest BCUT2D eigenvalue weighted by Gasteiger charge is -2.15. The van der Waals surface area contributed by atoms with E-state index in [9.17, 15) is 14.9 Å². The number of aromatic nitrogens is 3. The van der Waals surface area contributed by atoms with E-state index in [1.165, 1.54) is 30.0 Å². The van der Waals surface area contributed by atoms with E-state index in [0.717, 1.165) is 11.8 Å². The Bertz CT molecular complexity index is 1270. The molecule has 0 aliphatic heterocycles. The van der Waals surface area contributed by atoms with Crippen LogP contribution in [0.1, 0.15) is 0 Å². The summed E-state index contributed by atoms with van der Waals surface area (Å²) >= 11 is 1.14. The van der Waals surface area contributed by atoms with Crippen LogP contribution in [0.5, 0.6) is 5.75 Å². The maximum atomic E-state index is 13.3. The van der Waals surface area contributed by atoms with Crippen LogP contribution < -0.4 is 10.3 Å². The third-order valence-corrected chi connectivity index (χ3v) is 5.11. The number of hydrogen-bond donors (Lipinski definition) is 0. The van der Waals surface area contributed by atoms with Crippen molar-refractivity contribution in [1.29, 1.82) is 0 Å². The molecular formula is C20H14N4O4S. The Morgan fingerprint density at radius 1 is 1.07 bits per heavy atom. The van der Waals surface area contributed by atoms with E-state index in [-0.39, 0.29) is 11.2 Å². The summed E-state index contributed by atoms with van der Waals surface area (Å²) in [4.78, 5) is 32.4. The molecule has 144 valence electrons. The van der Waals surface area contributed by atoms with Gasteiger partial charge in [-0.15, -0.1) is 0 Å². The van der Waals surface area contributed by atoms with Crippen molar-refractivity contribution in [3.8, 4) is 11.4 Å². The van der Waals surface area contributed by atoms with Crippen LogP contribution in [0.25, 0.3) is 16.6 Å².